The van der Waals surface area contributed by atoms with E-state index in [4.69, 9.17) is 4.74 Å². The normalized spacial score (nSPS) is 14.5. The van der Waals surface area contributed by atoms with Gasteiger partial charge < -0.3 is 10.1 Å². The van der Waals surface area contributed by atoms with Crippen molar-refractivity contribution in [2.75, 3.05) is 13.7 Å². The minimum atomic E-state index is 0.258. The van der Waals surface area contributed by atoms with Gasteiger partial charge in [0, 0.05) is 6.61 Å². The molecule has 1 N–H and O–H groups in total. The van der Waals surface area contributed by atoms with Gasteiger partial charge >= 0.3 is 0 Å². The molecule has 0 heterocycles. The van der Waals surface area contributed by atoms with E-state index in [1.807, 2.05) is 7.05 Å². The molecule has 0 saturated heterocycles. The summed E-state index contributed by atoms with van der Waals surface area (Å²) in [6.45, 7) is 5.24. The minimum absolute atomic E-state index is 0.258. The molecule has 96 valence electrons. The summed E-state index contributed by atoms with van der Waals surface area (Å²) in [6.07, 6.45) is 3.62. The number of benzene rings is 1. The molecule has 0 radical (unpaired) electrons. The smallest absolute Gasteiger partial charge is 0.0767 e. The van der Waals surface area contributed by atoms with Crippen LogP contribution in [-0.4, -0.2) is 19.8 Å². The zero-order valence-electron chi connectivity index (χ0n) is 11.3. The van der Waals surface area contributed by atoms with E-state index in [0.717, 1.165) is 19.4 Å². The highest BCUT2D eigenvalue weighted by Crippen LogP contribution is 2.21. The molecular weight excluding hydrogens is 210 g/mol. The predicted molar refractivity (Wildman–Crippen MR) is 73.2 cm³/mol. The highest BCUT2D eigenvalue weighted by molar-refractivity contribution is 5.20. The average molecular weight is 235 g/mol. The summed E-state index contributed by atoms with van der Waals surface area (Å²) in [5.41, 5.74) is 1.30. The van der Waals surface area contributed by atoms with Crippen LogP contribution in [0.2, 0.25) is 0 Å². The van der Waals surface area contributed by atoms with Gasteiger partial charge in [-0.05, 0) is 25.5 Å². The van der Waals surface area contributed by atoms with Crippen LogP contribution in [0.15, 0.2) is 30.3 Å². The first-order chi connectivity index (χ1) is 8.33. The number of hydrogen-bond acceptors (Lipinski definition) is 2. The molecular formula is C15H25NO. The SMILES string of the molecule is CCCCOC(CC)C(NC)c1ccccc1. The van der Waals surface area contributed by atoms with Crippen molar-refractivity contribution in [3.05, 3.63) is 35.9 Å². The van der Waals surface area contributed by atoms with E-state index in [2.05, 4.69) is 49.5 Å². The molecule has 0 saturated carbocycles. The molecule has 2 unspecified atom stereocenters. The molecule has 0 bridgehead atoms. The second-order valence-electron chi connectivity index (χ2n) is 4.35. The molecule has 1 rings (SSSR count). The van der Waals surface area contributed by atoms with Crippen molar-refractivity contribution in [3.63, 3.8) is 0 Å². The van der Waals surface area contributed by atoms with Gasteiger partial charge in [0.05, 0.1) is 12.1 Å². The van der Waals surface area contributed by atoms with Crippen molar-refractivity contribution in [1.82, 2.24) is 5.32 Å². The van der Waals surface area contributed by atoms with E-state index < -0.39 is 0 Å². The fourth-order valence-electron chi connectivity index (χ4n) is 2.06. The molecule has 0 amide bonds. The molecule has 0 fully saturated rings. The van der Waals surface area contributed by atoms with Gasteiger partial charge in [0.15, 0.2) is 0 Å². The van der Waals surface area contributed by atoms with E-state index in [1.54, 1.807) is 0 Å². The van der Waals surface area contributed by atoms with Crippen LogP contribution in [0, 0.1) is 0 Å². The highest BCUT2D eigenvalue weighted by atomic mass is 16.5. The summed E-state index contributed by atoms with van der Waals surface area (Å²) in [7, 11) is 2.00. The lowest BCUT2D eigenvalue weighted by Gasteiger charge is -2.26. The fourth-order valence-corrected chi connectivity index (χ4v) is 2.06. The fraction of sp³-hybridized carbons (Fsp3) is 0.600. The van der Waals surface area contributed by atoms with Gasteiger partial charge in [-0.3, -0.25) is 0 Å². The summed E-state index contributed by atoms with van der Waals surface area (Å²) in [4.78, 5) is 0. The Balaban J connectivity index is 2.63. The van der Waals surface area contributed by atoms with E-state index in [9.17, 15) is 0 Å². The number of nitrogens with one attached hydrogen (secondary N) is 1. The van der Waals surface area contributed by atoms with E-state index in [0.29, 0.717) is 0 Å². The third-order valence-electron chi connectivity index (χ3n) is 3.07. The van der Waals surface area contributed by atoms with E-state index in [1.165, 1.54) is 12.0 Å². The third-order valence-corrected chi connectivity index (χ3v) is 3.07. The van der Waals surface area contributed by atoms with Crippen molar-refractivity contribution in [1.29, 1.82) is 0 Å². The van der Waals surface area contributed by atoms with Crippen LogP contribution < -0.4 is 5.32 Å². The first-order valence-corrected chi connectivity index (χ1v) is 6.67. The number of ether oxygens (including phenoxy) is 1. The minimum Gasteiger partial charge on any atom is -0.376 e. The van der Waals surface area contributed by atoms with Crippen LogP contribution in [0.25, 0.3) is 0 Å². The average Bonchev–Trinajstić information content (AvgIpc) is 2.39. The molecule has 0 aliphatic rings. The zero-order chi connectivity index (χ0) is 12.5. The quantitative estimate of drug-likeness (QED) is 0.696. The summed E-state index contributed by atoms with van der Waals surface area (Å²) in [5, 5.41) is 3.37. The topological polar surface area (TPSA) is 21.3 Å². The lowest BCUT2D eigenvalue weighted by atomic mass is 10.00. The first-order valence-electron chi connectivity index (χ1n) is 6.67. The Morgan fingerprint density at radius 1 is 1.18 bits per heavy atom. The predicted octanol–water partition coefficient (Wildman–Crippen LogP) is 3.54. The van der Waals surface area contributed by atoms with Gasteiger partial charge in [0.25, 0.3) is 0 Å². The Morgan fingerprint density at radius 2 is 1.88 bits per heavy atom. The molecule has 1 aromatic rings. The van der Waals surface area contributed by atoms with Gasteiger partial charge in [-0.1, -0.05) is 50.6 Å². The molecule has 2 heteroatoms. The van der Waals surface area contributed by atoms with Crippen LogP contribution >= 0.6 is 0 Å². The summed E-state index contributed by atoms with van der Waals surface area (Å²) >= 11 is 0. The monoisotopic (exact) mass is 235 g/mol. The standard InChI is InChI=1S/C15H25NO/c1-4-6-12-17-14(5-2)15(16-3)13-10-8-7-9-11-13/h7-11,14-16H,4-6,12H2,1-3H3. The van der Waals surface area contributed by atoms with Crippen molar-refractivity contribution < 1.29 is 4.74 Å². The Kier molecular flexibility index (Phi) is 6.90. The zero-order valence-corrected chi connectivity index (χ0v) is 11.3. The van der Waals surface area contributed by atoms with Crippen LogP contribution in [0.1, 0.15) is 44.7 Å². The Hall–Kier alpha value is -0.860. The van der Waals surface area contributed by atoms with Gasteiger partial charge in [-0.25, -0.2) is 0 Å². The number of hydrogen-bond donors (Lipinski definition) is 1. The molecule has 0 spiro atoms. The maximum Gasteiger partial charge on any atom is 0.0767 e. The summed E-state index contributed by atoms with van der Waals surface area (Å²) in [6, 6.07) is 10.8. The Labute approximate surface area is 105 Å². The van der Waals surface area contributed by atoms with Gasteiger partial charge in [0.1, 0.15) is 0 Å². The lowest BCUT2D eigenvalue weighted by Crippen LogP contribution is -2.31. The molecule has 0 aromatic heterocycles. The maximum absolute atomic E-state index is 5.98. The Bertz CT molecular complexity index is 286. The second-order valence-corrected chi connectivity index (χ2v) is 4.35. The van der Waals surface area contributed by atoms with E-state index >= 15 is 0 Å². The van der Waals surface area contributed by atoms with Crippen molar-refractivity contribution in [2.24, 2.45) is 0 Å². The molecule has 2 atom stereocenters. The molecule has 17 heavy (non-hydrogen) atoms. The lowest BCUT2D eigenvalue weighted by molar-refractivity contribution is 0.0236. The molecule has 0 aliphatic heterocycles. The number of rotatable bonds is 8. The Morgan fingerprint density at radius 3 is 2.41 bits per heavy atom. The van der Waals surface area contributed by atoms with Crippen LogP contribution in [0.5, 0.6) is 0 Å². The van der Waals surface area contributed by atoms with Gasteiger partial charge in [-0.2, -0.15) is 0 Å². The third kappa shape index (κ3) is 4.49. The largest absolute Gasteiger partial charge is 0.376 e. The van der Waals surface area contributed by atoms with Crippen LogP contribution in [0.3, 0.4) is 0 Å². The van der Waals surface area contributed by atoms with Crippen LogP contribution in [0.4, 0.5) is 0 Å². The van der Waals surface area contributed by atoms with Gasteiger partial charge in [0.2, 0.25) is 0 Å². The second kappa shape index (κ2) is 8.26. The van der Waals surface area contributed by atoms with Crippen LogP contribution in [-0.2, 0) is 4.74 Å². The highest BCUT2D eigenvalue weighted by Gasteiger charge is 2.20. The van der Waals surface area contributed by atoms with E-state index in [-0.39, 0.29) is 12.1 Å². The molecule has 0 aliphatic carbocycles. The first kappa shape index (κ1) is 14.2. The van der Waals surface area contributed by atoms with Crippen molar-refractivity contribution in [3.8, 4) is 0 Å². The number of unbranched alkanes of at least 4 members (excludes halogenated alkanes) is 1. The molecule has 1 aromatic carbocycles. The maximum atomic E-state index is 5.98. The number of likely N-dealkylation sites (N-methyl/N-ethyl adjacent to an activating group) is 1. The molecule has 2 nitrogen and oxygen atoms in total. The summed E-state index contributed by atoms with van der Waals surface area (Å²) < 4.78 is 5.98. The van der Waals surface area contributed by atoms with Gasteiger partial charge in [-0.15, -0.1) is 0 Å². The van der Waals surface area contributed by atoms with Crippen molar-refractivity contribution >= 4 is 0 Å². The van der Waals surface area contributed by atoms with Crippen molar-refractivity contribution in [2.45, 2.75) is 45.3 Å². The summed E-state index contributed by atoms with van der Waals surface area (Å²) in [5.74, 6) is 0.